The van der Waals surface area contributed by atoms with E-state index in [1.807, 2.05) is 31.2 Å². The molecule has 0 fully saturated rings. The number of rotatable bonds is 8. The number of benzene rings is 1. The SMILES string of the molecule is CCCC(Cc1ccc(C(C)C(=O)O)cc1)C(=O)CC. The van der Waals surface area contributed by atoms with Crippen molar-refractivity contribution in [1.82, 2.24) is 0 Å². The summed E-state index contributed by atoms with van der Waals surface area (Å²) < 4.78 is 0. The minimum Gasteiger partial charge on any atom is -0.481 e. The van der Waals surface area contributed by atoms with E-state index in [9.17, 15) is 9.59 Å². The number of carbonyl (C=O) groups excluding carboxylic acids is 1. The molecule has 0 spiro atoms. The Bertz CT molecular complexity index is 448. The molecule has 2 atom stereocenters. The predicted molar refractivity (Wildman–Crippen MR) is 79.9 cm³/mol. The first-order valence-electron chi connectivity index (χ1n) is 7.33. The van der Waals surface area contributed by atoms with Crippen LogP contribution in [0, 0.1) is 5.92 Å². The summed E-state index contributed by atoms with van der Waals surface area (Å²) in [5.74, 6) is -0.905. The summed E-state index contributed by atoms with van der Waals surface area (Å²) in [4.78, 5) is 22.8. The molecule has 0 aromatic heterocycles. The van der Waals surface area contributed by atoms with Gasteiger partial charge in [-0.25, -0.2) is 0 Å². The Kier molecular flexibility index (Phi) is 6.43. The fraction of sp³-hybridized carbons (Fsp3) is 0.529. The third-order valence-electron chi connectivity index (χ3n) is 3.77. The van der Waals surface area contributed by atoms with Gasteiger partial charge in [-0.05, 0) is 30.9 Å². The quantitative estimate of drug-likeness (QED) is 0.785. The second-order valence-electron chi connectivity index (χ2n) is 5.31. The van der Waals surface area contributed by atoms with Gasteiger partial charge in [-0.15, -0.1) is 0 Å². The summed E-state index contributed by atoms with van der Waals surface area (Å²) in [5.41, 5.74) is 1.90. The van der Waals surface area contributed by atoms with Crippen LogP contribution < -0.4 is 0 Å². The van der Waals surface area contributed by atoms with Gasteiger partial charge in [0.25, 0.3) is 0 Å². The summed E-state index contributed by atoms with van der Waals surface area (Å²) >= 11 is 0. The summed E-state index contributed by atoms with van der Waals surface area (Å²) in [7, 11) is 0. The van der Waals surface area contributed by atoms with E-state index in [1.165, 1.54) is 0 Å². The van der Waals surface area contributed by atoms with Crippen LogP contribution in [0.4, 0.5) is 0 Å². The average Bonchev–Trinajstić information content (AvgIpc) is 2.45. The van der Waals surface area contributed by atoms with Crippen molar-refractivity contribution in [1.29, 1.82) is 0 Å². The minimum absolute atomic E-state index is 0.0905. The lowest BCUT2D eigenvalue weighted by molar-refractivity contribution is -0.138. The molecule has 110 valence electrons. The second kappa shape index (κ2) is 7.83. The molecule has 0 radical (unpaired) electrons. The number of Topliss-reactive ketones (excluding diaryl/α,β-unsaturated/α-hetero) is 1. The molecule has 20 heavy (non-hydrogen) atoms. The summed E-state index contributed by atoms with van der Waals surface area (Å²) in [5, 5.41) is 8.98. The molecule has 3 nitrogen and oxygen atoms in total. The van der Waals surface area contributed by atoms with Crippen LogP contribution in [-0.2, 0) is 16.0 Å². The highest BCUT2D eigenvalue weighted by Gasteiger charge is 2.17. The Morgan fingerprint density at radius 3 is 2.20 bits per heavy atom. The van der Waals surface area contributed by atoms with Gasteiger partial charge in [-0.3, -0.25) is 9.59 Å². The second-order valence-corrected chi connectivity index (χ2v) is 5.31. The van der Waals surface area contributed by atoms with E-state index in [-0.39, 0.29) is 5.92 Å². The normalized spacial score (nSPS) is 13.8. The van der Waals surface area contributed by atoms with E-state index >= 15 is 0 Å². The number of hydrogen-bond acceptors (Lipinski definition) is 2. The molecular weight excluding hydrogens is 252 g/mol. The molecule has 0 aliphatic rings. The fourth-order valence-corrected chi connectivity index (χ4v) is 2.38. The molecule has 2 unspecified atom stereocenters. The standard InChI is InChI=1S/C17H24O3/c1-4-6-15(16(18)5-2)11-13-7-9-14(10-8-13)12(3)17(19)20/h7-10,12,15H,4-6,11H2,1-3H3,(H,19,20). The minimum atomic E-state index is -0.817. The van der Waals surface area contributed by atoms with E-state index in [2.05, 4.69) is 6.92 Å². The maximum atomic E-state index is 11.9. The Hall–Kier alpha value is -1.64. The van der Waals surface area contributed by atoms with Crippen molar-refractivity contribution in [3.63, 3.8) is 0 Å². The number of carbonyl (C=O) groups is 2. The van der Waals surface area contributed by atoms with Crippen molar-refractivity contribution in [2.75, 3.05) is 0 Å². The van der Waals surface area contributed by atoms with Gasteiger partial charge in [0.1, 0.15) is 5.78 Å². The summed E-state index contributed by atoms with van der Waals surface area (Å²) in [6, 6.07) is 7.60. The monoisotopic (exact) mass is 276 g/mol. The van der Waals surface area contributed by atoms with Gasteiger partial charge < -0.3 is 5.11 Å². The molecule has 1 N–H and O–H groups in total. The first kappa shape index (κ1) is 16.4. The van der Waals surface area contributed by atoms with Crippen LogP contribution >= 0.6 is 0 Å². The molecule has 0 saturated carbocycles. The van der Waals surface area contributed by atoms with Gasteiger partial charge in [-0.1, -0.05) is 44.5 Å². The third-order valence-corrected chi connectivity index (χ3v) is 3.77. The molecule has 1 aromatic rings. The summed E-state index contributed by atoms with van der Waals surface area (Å²) in [6.45, 7) is 5.67. The average molecular weight is 276 g/mol. The summed E-state index contributed by atoms with van der Waals surface area (Å²) in [6.07, 6.45) is 3.26. The van der Waals surface area contributed by atoms with E-state index < -0.39 is 11.9 Å². The molecule has 0 heterocycles. The van der Waals surface area contributed by atoms with Crippen molar-refractivity contribution in [2.45, 2.75) is 52.4 Å². The highest BCUT2D eigenvalue weighted by atomic mass is 16.4. The van der Waals surface area contributed by atoms with Gasteiger partial charge in [0.2, 0.25) is 0 Å². The molecule has 3 heteroatoms. The van der Waals surface area contributed by atoms with Crippen molar-refractivity contribution in [2.24, 2.45) is 5.92 Å². The maximum absolute atomic E-state index is 11.9. The van der Waals surface area contributed by atoms with Gasteiger partial charge in [-0.2, -0.15) is 0 Å². The lowest BCUT2D eigenvalue weighted by Crippen LogP contribution is -2.16. The number of aliphatic carboxylic acids is 1. The van der Waals surface area contributed by atoms with Crippen molar-refractivity contribution in [3.8, 4) is 0 Å². The Labute approximate surface area is 121 Å². The van der Waals surface area contributed by atoms with Crippen LogP contribution in [0.15, 0.2) is 24.3 Å². The molecule has 0 bridgehead atoms. The first-order valence-corrected chi connectivity index (χ1v) is 7.33. The fourth-order valence-electron chi connectivity index (χ4n) is 2.38. The van der Waals surface area contributed by atoms with Gasteiger partial charge in [0.05, 0.1) is 5.92 Å². The largest absolute Gasteiger partial charge is 0.481 e. The zero-order chi connectivity index (χ0) is 15.1. The van der Waals surface area contributed by atoms with Crippen LogP contribution in [0.5, 0.6) is 0 Å². The van der Waals surface area contributed by atoms with Crippen LogP contribution in [0.1, 0.15) is 57.1 Å². The van der Waals surface area contributed by atoms with Gasteiger partial charge in [0, 0.05) is 12.3 Å². The molecule has 1 aromatic carbocycles. The number of carboxylic acid groups (broad SMARTS) is 1. The molecule has 1 rings (SSSR count). The number of carboxylic acids is 1. The molecule has 0 aliphatic carbocycles. The van der Waals surface area contributed by atoms with Crippen LogP contribution in [0.3, 0.4) is 0 Å². The topological polar surface area (TPSA) is 54.4 Å². The predicted octanol–water partition coefficient (Wildman–Crippen LogP) is 3.81. The highest BCUT2D eigenvalue weighted by Crippen LogP contribution is 2.20. The van der Waals surface area contributed by atoms with Gasteiger partial charge >= 0.3 is 5.97 Å². The molecule has 0 saturated heterocycles. The molecular formula is C17H24O3. The zero-order valence-electron chi connectivity index (χ0n) is 12.6. The lowest BCUT2D eigenvalue weighted by Gasteiger charge is -2.15. The van der Waals surface area contributed by atoms with E-state index in [1.54, 1.807) is 6.92 Å². The number of hydrogen-bond donors (Lipinski definition) is 1. The highest BCUT2D eigenvalue weighted by molar-refractivity contribution is 5.81. The Morgan fingerprint density at radius 2 is 1.75 bits per heavy atom. The zero-order valence-corrected chi connectivity index (χ0v) is 12.6. The Morgan fingerprint density at radius 1 is 1.15 bits per heavy atom. The van der Waals surface area contributed by atoms with Crippen molar-refractivity contribution >= 4 is 11.8 Å². The molecule has 0 amide bonds. The molecule has 0 aliphatic heterocycles. The van der Waals surface area contributed by atoms with Crippen molar-refractivity contribution in [3.05, 3.63) is 35.4 Å². The van der Waals surface area contributed by atoms with E-state index in [4.69, 9.17) is 5.11 Å². The van der Waals surface area contributed by atoms with Crippen LogP contribution in [0.2, 0.25) is 0 Å². The number of ketones is 1. The Balaban J connectivity index is 2.77. The third kappa shape index (κ3) is 4.48. The van der Waals surface area contributed by atoms with Crippen LogP contribution in [-0.4, -0.2) is 16.9 Å². The van der Waals surface area contributed by atoms with Gasteiger partial charge in [0.15, 0.2) is 0 Å². The first-order chi connectivity index (χ1) is 9.49. The van der Waals surface area contributed by atoms with Crippen molar-refractivity contribution < 1.29 is 14.7 Å². The lowest BCUT2D eigenvalue weighted by atomic mass is 9.89. The smallest absolute Gasteiger partial charge is 0.310 e. The maximum Gasteiger partial charge on any atom is 0.310 e. The van der Waals surface area contributed by atoms with Crippen LogP contribution in [0.25, 0.3) is 0 Å². The van der Waals surface area contributed by atoms with E-state index in [0.717, 1.165) is 30.4 Å². The van der Waals surface area contributed by atoms with E-state index in [0.29, 0.717) is 12.2 Å².